The SMILES string of the molecule is CC(C)(C)N(CCC(=O)O)C(=O)Nc1ccc(I)cc1. The summed E-state index contributed by atoms with van der Waals surface area (Å²) in [4.78, 5) is 24.5. The molecule has 0 unspecified atom stereocenters. The molecule has 0 aliphatic heterocycles. The van der Waals surface area contributed by atoms with Crippen molar-refractivity contribution in [2.24, 2.45) is 0 Å². The summed E-state index contributed by atoms with van der Waals surface area (Å²) in [6.07, 6.45) is -0.0720. The molecule has 0 saturated heterocycles. The third-order valence-electron chi connectivity index (χ3n) is 2.70. The number of carbonyl (C=O) groups is 2. The lowest BCUT2D eigenvalue weighted by Gasteiger charge is -2.35. The number of rotatable bonds is 4. The van der Waals surface area contributed by atoms with Crippen molar-refractivity contribution >= 4 is 40.3 Å². The maximum absolute atomic E-state index is 12.3. The van der Waals surface area contributed by atoms with E-state index in [9.17, 15) is 9.59 Å². The molecule has 0 saturated carbocycles. The van der Waals surface area contributed by atoms with Crippen LogP contribution in [0.3, 0.4) is 0 Å². The van der Waals surface area contributed by atoms with Crippen molar-refractivity contribution in [2.75, 3.05) is 11.9 Å². The maximum Gasteiger partial charge on any atom is 0.322 e. The first-order valence-electron chi connectivity index (χ1n) is 6.26. The molecule has 1 rings (SSSR count). The van der Waals surface area contributed by atoms with Crippen LogP contribution in [0.4, 0.5) is 10.5 Å². The highest BCUT2D eigenvalue weighted by Crippen LogP contribution is 2.17. The number of amides is 2. The third kappa shape index (κ3) is 5.36. The number of urea groups is 1. The molecule has 5 nitrogen and oxygen atoms in total. The van der Waals surface area contributed by atoms with E-state index in [0.717, 1.165) is 3.57 Å². The zero-order valence-corrected chi connectivity index (χ0v) is 14.0. The van der Waals surface area contributed by atoms with Crippen molar-refractivity contribution in [1.29, 1.82) is 0 Å². The summed E-state index contributed by atoms with van der Waals surface area (Å²) in [7, 11) is 0. The minimum absolute atomic E-state index is 0.0720. The predicted octanol–water partition coefficient (Wildman–Crippen LogP) is 3.40. The molecule has 0 aromatic heterocycles. The number of halogens is 1. The highest BCUT2D eigenvalue weighted by atomic mass is 127. The van der Waals surface area contributed by atoms with E-state index < -0.39 is 11.5 Å². The fraction of sp³-hybridized carbons (Fsp3) is 0.429. The summed E-state index contributed by atoms with van der Waals surface area (Å²) in [5.74, 6) is -0.915. The van der Waals surface area contributed by atoms with Crippen LogP contribution in [0, 0.1) is 3.57 Å². The van der Waals surface area contributed by atoms with Crippen LogP contribution in [-0.4, -0.2) is 34.1 Å². The van der Waals surface area contributed by atoms with Gasteiger partial charge in [-0.25, -0.2) is 4.79 Å². The van der Waals surface area contributed by atoms with Crippen molar-refractivity contribution in [3.8, 4) is 0 Å². The van der Waals surface area contributed by atoms with Crippen molar-refractivity contribution in [1.82, 2.24) is 4.90 Å². The quantitative estimate of drug-likeness (QED) is 0.775. The molecule has 20 heavy (non-hydrogen) atoms. The Kier molecular flexibility index (Phi) is 5.79. The smallest absolute Gasteiger partial charge is 0.322 e. The van der Waals surface area contributed by atoms with Gasteiger partial charge < -0.3 is 15.3 Å². The van der Waals surface area contributed by atoms with Gasteiger partial charge >= 0.3 is 12.0 Å². The number of carboxylic acid groups (broad SMARTS) is 1. The predicted molar refractivity (Wildman–Crippen MR) is 86.9 cm³/mol. The standard InChI is InChI=1S/C14H19IN2O3/c1-14(2,3)17(9-8-12(18)19)13(20)16-11-6-4-10(15)5-7-11/h4-7H,8-9H2,1-3H3,(H,16,20)(H,18,19). The Balaban J connectivity index is 2.77. The molecule has 110 valence electrons. The van der Waals surface area contributed by atoms with Gasteiger partial charge in [-0.05, 0) is 67.6 Å². The maximum atomic E-state index is 12.3. The van der Waals surface area contributed by atoms with Gasteiger partial charge in [0.25, 0.3) is 0 Å². The number of anilines is 1. The molecule has 0 heterocycles. The minimum Gasteiger partial charge on any atom is -0.481 e. The van der Waals surface area contributed by atoms with Gasteiger partial charge in [-0.2, -0.15) is 0 Å². The monoisotopic (exact) mass is 390 g/mol. The van der Waals surface area contributed by atoms with Gasteiger partial charge in [0.1, 0.15) is 0 Å². The van der Waals surface area contributed by atoms with Crippen LogP contribution in [0.1, 0.15) is 27.2 Å². The van der Waals surface area contributed by atoms with Gasteiger partial charge in [-0.1, -0.05) is 0 Å². The van der Waals surface area contributed by atoms with E-state index in [4.69, 9.17) is 5.11 Å². The molecule has 1 aromatic rings. The second kappa shape index (κ2) is 6.92. The molecule has 0 spiro atoms. The number of benzene rings is 1. The van der Waals surface area contributed by atoms with Crippen LogP contribution in [0.25, 0.3) is 0 Å². The van der Waals surface area contributed by atoms with Crippen LogP contribution in [0.5, 0.6) is 0 Å². The normalized spacial score (nSPS) is 11.0. The number of carboxylic acids is 1. The molecular formula is C14H19IN2O3. The highest BCUT2D eigenvalue weighted by Gasteiger charge is 2.26. The van der Waals surface area contributed by atoms with E-state index in [1.54, 1.807) is 0 Å². The van der Waals surface area contributed by atoms with Gasteiger partial charge in [0.15, 0.2) is 0 Å². The number of aliphatic carboxylic acids is 1. The Bertz CT molecular complexity index is 480. The van der Waals surface area contributed by atoms with Gasteiger partial charge in [-0.15, -0.1) is 0 Å². The second-order valence-corrected chi connectivity index (χ2v) is 6.65. The van der Waals surface area contributed by atoms with Crippen LogP contribution in [0.15, 0.2) is 24.3 Å². The molecular weight excluding hydrogens is 371 g/mol. The van der Waals surface area contributed by atoms with Crippen molar-refractivity contribution in [3.63, 3.8) is 0 Å². The summed E-state index contributed by atoms with van der Waals surface area (Å²) < 4.78 is 1.08. The first-order valence-corrected chi connectivity index (χ1v) is 7.34. The Morgan fingerprint density at radius 1 is 1.25 bits per heavy atom. The minimum atomic E-state index is -0.915. The molecule has 2 N–H and O–H groups in total. The lowest BCUT2D eigenvalue weighted by Crippen LogP contribution is -2.48. The molecule has 0 bridgehead atoms. The summed E-state index contributed by atoms with van der Waals surface area (Å²) in [5.41, 5.74) is 0.253. The van der Waals surface area contributed by atoms with Crippen LogP contribution in [0.2, 0.25) is 0 Å². The molecule has 0 aliphatic carbocycles. The summed E-state index contributed by atoms with van der Waals surface area (Å²) >= 11 is 2.19. The number of carbonyl (C=O) groups excluding carboxylic acids is 1. The third-order valence-corrected chi connectivity index (χ3v) is 3.42. The zero-order valence-electron chi connectivity index (χ0n) is 11.8. The summed E-state index contributed by atoms with van der Waals surface area (Å²) in [5, 5.41) is 11.6. The average Bonchev–Trinajstić information content (AvgIpc) is 2.30. The average molecular weight is 390 g/mol. The molecule has 1 aromatic carbocycles. The van der Waals surface area contributed by atoms with Crippen molar-refractivity contribution in [3.05, 3.63) is 27.8 Å². The van der Waals surface area contributed by atoms with E-state index in [1.807, 2.05) is 45.0 Å². The molecule has 2 amide bonds. The Hall–Kier alpha value is -1.31. The van der Waals surface area contributed by atoms with E-state index in [1.165, 1.54) is 4.90 Å². The van der Waals surface area contributed by atoms with Gasteiger partial charge in [0, 0.05) is 21.3 Å². The fourth-order valence-electron chi connectivity index (χ4n) is 1.67. The van der Waals surface area contributed by atoms with E-state index in [0.29, 0.717) is 5.69 Å². The lowest BCUT2D eigenvalue weighted by atomic mass is 10.1. The molecule has 0 atom stereocenters. The van der Waals surface area contributed by atoms with E-state index >= 15 is 0 Å². The molecule has 0 aliphatic rings. The first-order chi connectivity index (χ1) is 9.20. The second-order valence-electron chi connectivity index (χ2n) is 5.40. The van der Waals surface area contributed by atoms with Crippen LogP contribution < -0.4 is 5.32 Å². The van der Waals surface area contributed by atoms with Crippen molar-refractivity contribution < 1.29 is 14.7 Å². The fourth-order valence-corrected chi connectivity index (χ4v) is 2.03. The molecule has 0 fully saturated rings. The largest absolute Gasteiger partial charge is 0.481 e. The van der Waals surface area contributed by atoms with Gasteiger partial charge in [-0.3, -0.25) is 4.79 Å². The molecule has 6 heteroatoms. The first kappa shape index (κ1) is 16.7. The van der Waals surface area contributed by atoms with E-state index in [2.05, 4.69) is 27.9 Å². The van der Waals surface area contributed by atoms with Crippen LogP contribution in [-0.2, 0) is 4.79 Å². The Morgan fingerprint density at radius 3 is 2.25 bits per heavy atom. The summed E-state index contributed by atoms with van der Waals surface area (Å²) in [6, 6.07) is 7.14. The number of nitrogens with one attached hydrogen (secondary N) is 1. The van der Waals surface area contributed by atoms with Gasteiger partial charge in [0.05, 0.1) is 6.42 Å². The number of hydrogen-bond donors (Lipinski definition) is 2. The van der Waals surface area contributed by atoms with Crippen molar-refractivity contribution in [2.45, 2.75) is 32.7 Å². The Morgan fingerprint density at radius 2 is 1.80 bits per heavy atom. The Labute approximate surface area is 132 Å². The van der Waals surface area contributed by atoms with Crippen LogP contribution >= 0.6 is 22.6 Å². The van der Waals surface area contributed by atoms with Gasteiger partial charge in [0.2, 0.25) is 0 Å². The van der Waals surface area contributed by atoms with E-state index in [-0.39, 0.29) is 19.0 Å². The lowest BCUT2D eigenvalue weighted by molar-refractivity contribution is -0.137. The highest BCUT2D eigenvalue weighted by molar-refractivity contribution is 14.1. The number of hydrogen-bond acceptors (Lipinski definition) is 2. The molecule has 0 radical (unpaired) electrons. The summed E-state index contributed by atoms with van der Waals surface area (Å²) in [6.45, 7) is 5.81. The topological polar surface area (TPSA) is 69.6 Å². The number of nitrogens with zero attached hydrogens (tertiary/aromatic N) is 1. The zero-order chi connectivity index (χ0) is 15.3.